The summed E-state index contributed by atoms with van der Waals surface area (Å²) in [5, 5.41) is 0. The van der Waals surface area contributed by atoms with Gasteiger partial charge >= 0.3 is 0 Å². The zero-order chi connectivity index (χ0) is 14.0. The second-order valence-corrected chi connectivity index (χ2v) is 5.32. The Hall–Kier alpha value is -1.46. The number of hydrogen-bond acceptors (Lipinski definition) is 3. The highest BCUT2D eigenvalue weighted by Crippen LogP contribution is 2.36. The molecule has 1 aliphatic rings. The van der Waals surface area contributed by atoms with Crippen molar-refractivity contribution in [2.45, 2.75) is 25.2 Å². The maximum Gasteiger partial charge on any atom is 0.244 e. The number of benzene rings is 1. The molecule has 1 aromatic carbocycles. The molecule has 0 saturated carbocycles. The Morgan fingerprint density at radius 2 is 2.05 bits per heavy atom. The predicted octanol–water partition coefficient (Wildman–Crippen LogP) is 1.09. The second-order valence-electron chi connectivity index (χ2n) is 5.32. The summed E-state index contributed by atoms with van der Waals surface area (Å²) in [6.45, 7) is 3.36. The Kier molecular flexibility index (Phi) is 3.87. The van der Waals surface area contributed by atoms with Gasteiger partial charge in [0.25, 0.3) is 0 Å². The highest BCUT2D eigenvalue weighted by Gasteiger charge is 2.42. The molecular formula is C14H20FN3O. The van der Waals surface area contributed by atoms with Crippen LogP contribution < -0.4 is 11.3 Å². The molecule has 1 aliphatic heterocycles. The summed E-state index contributed by atoms with van der Waals surface area (Å²) in [7, 11) is 2.03. The lowest BCUT2D eigenvalue weighted by Gasteiger charge is -2.39. The number of amides is 1. The van der Waals surface area contributed by atoms with E-state index in [1.165, 1.54) is 6.07 Å². The van der Waals surface area contributed by atoms with E-state index in [1.54, 1.807) is 19.1 Å². The minimum atomic E-state index is -0.639. The lowest BCUT2D eigenvalue weighted by Crippen LogP contribution is -2.52. The van der Waals surface area contributed by atoms with Crippen molar-refractivity contribution in [3.8, 4) is 0 Å². The van der Waals surface area contributed by atoms with Crippen molar-refractivity contribution < 1.29 is 9.18 Å². The monoisotopic (exact) mass is 265 g/mol. The molecular weight excluding hydrogens is 245 g/mol. The van der Waals surface area contributed by atoms with E-state index in [9.17, 15) is 9.18 Å². The third-order valence-electron chi connectivity index (χ3n) is 4.12. The van der Waals surface area contributed by atoms with Crippen LogP contribution in [0.3, 0.4) is 0 Å². The topological polar surface area (TPSA) is 58.4 Å². The maximum absolute atomic E-state index is 13.4. The Morgan fingerprint density at radius 1 is 1.42 bits per heavy atom. The van der Waals surface area contributed by atoms with Crippen LogP contribution in [0.1, 0.15) is 24.0 Å². The van der Waals surface area contributed by atoms with Gasteiger partial charge in [-0.15, -0.1) is 0 Å². The predicted molar refractivity (Wildman–Crippen MR) is 71.9 cm³/mol. The Labute approximate surface area is 112 Å². The number of piperidine rings is 1. The number of carbonyl (C=O) groups is 1. The molecule has 1 saturated heterocycles. The number of rotatable bonds is 2. The lowest BCUT2D eigenvalue weighted by molar-refractivity contribution is -0.128. The van der Waals surface area contributed by atoms with Gasteiger partial charge in [0.2, 0.25) is 5.91 Å². The van der Waals surface area contributed by atoms with Gasteiger partial charge in [0, 0.05) is 0 Å². The van der Waals surface area contributed by atoms with E-state index >= 15 is 0 Å². The molecule has 0 radical (unpaired) electrons. The van der Waals surface area contributed by atoms with E-state index < -0.39 is 5.41 Å². The molecule has 3 N–H and O–H groups in total. The highest BCUT2D eigenvalue weighted by molar-refractivity contribution is 5.88. The average Bonchev–Trinajstić information content (AvgIpc) is 2.42. The summed E-state index contributed by atoms with van der Waals surface area (Å²) in [6.07, 6.45) is 1.38. The van der Waals surface area contributed by atoms with E-state index in [0.717, 1.165) is 18.7 Å². The molecule has 1 amide bonds. The molecule has 5 heteroatoms. The molecule has 19 heavy (non-hydrogen) atoms. The molecule has 0 bridgehead atoms. The fourth-order valence-corrected chi connectivity index (χ4v) is 2.73. The molecule has 4 nitrogen and oxygen atoms in total. The zero-order valence-electron chi connectivity index (χ0n) is 11.4. The molecule has 0 atom stereocenters. The van der Waals surface area contributed by atoms with Crippen LogP contribution in [0, 0.1) is 12.7 Å². The Balaban J connectivity index is 2.42. The van der Waals surface area contributed by atoms with Crippen LogP contribution in [0.2, 0.25) is 0 Å². The van der Waals surface area contributed by atoms with Gasteiger partial charge in [-0.05, 0) is 57.1 Å². The molecule has 0 spiro atoms. The Bertz CT molecular complexity index is 482. The van der Waals surface area contributed by atoms with E-state index in [-0.39, 0.29) is 11.7 Å². The number of nitrogens with one attached hydrogen (secondary N) is 1. The number of nitrogens with zero attached hydrogens (tertiary/aromatic N) is 1. The smallest absolute Gasteiger partial charge is 0.244 e. The second kappa shape index (κ2) is 5.27. The van der Waals surface area contributed by atoms with Gasteiger partial charge in [0.1, 0.15) is 5.82 Å². The number of halogens is 1. The standard InChI is InChI=1S/C14H20FN3O/c1-10-9-11(3-4-12(10)15)14(13(19)17-16)5-7-18(2)8-6-14/h3-4,9H,5-8,16H2,1-2H3,(H,17,19). The van der Waals surface area contributed by atoms with Gasteiger partial charge in [-0.25, -0.2) is 10.2 Å². The van der Waals surface area contributed by atoms with Crippen molar-refractivity contribution >= 4 is 5.91 Å². The normalized spacial score (nSPS) is 19.2. The van der Waals surface area contributed by atoms with Crippen molar-refractivity contribution in [1.82, 2.24) is 10.3 Å². The quantitative estimate of drug-likeness (QED) is 0.478. The van der Waals surface area contributed by atoms with Gasteiger partial charge in [-0.1, -0.05) is 12.1 Å². The maximum atomic E-state index is 13.4. The summed E-state index contributed by atoms with van der Waals surface area (Å²) in [6, 6.07) is 4.88. The van der Waals surface area contributed by atoms with Crippen molar-refractivity contribution in [2.24, 2.45) is 5.84 Å². The number of hydrazine groups is 1. The minimum Gasteiger partial charge on any atom is -0.306 e. The van der Waals surface area contributed by atoms with Crippen molar-refractivity contribution in [2.75, 3.05) is 20.1 Å². The molecule has 1 fully saturated rings. The molecule has 0 aliphatic carbocycles. The summed E-state index contributed by atoms with van der Waals surface area (Å²) in [5.41, 5.74) is 3.04. The van der Waals surface area contributed by atoms with E-state index in [4.69, 9.17) is 5.84 Å². The molecule has 0 unspecified atom stereocenters. The van der Waals surface area contributed by atoms with Gasteiger partial charge in [0.05, 0.1) is 5.41 Å². The molecule has 1 aromatic rings. The van der Waals surface area contributed by atoms with Crippen molar-refractivity contribution in [1.29, 1.82) is 0 Å². The molecule has 104 valence electrons. The van der Waals surface area contributed by atoms with Crippen LogP contribution in [0.5, 0.6) is 0 Å². The van der Waals surface area contributed by atoms with E-state index in [0.29, 0.717) is 18.4 Å². The molecule has 1 heterocycles. The third-order valence-corrected chi connectivity index (χ3v) is 4.12. The van der Waals surface area contributed by atoms with Crippen LogP contribution in [-0.2, 0) is 10.2 Å². The summed E-state index contributed by atoms with van der Waals surface area (Å²) >= 11 is 0. The van der Waals surface area contributed by atoms with E-state index in [2.05, 4.69) is 10.3 Å². The largest absolute Gasteiger partial charge is 0.306 e. The fraction of sp³-hybridized carbons (Fsp3) is 0.500. The summed E-state index contributed by atoms with van der Waals surface area (Å²) in [5.74, 6) is 4.90. The van der Waals surface area contributed by atoms with E-state index in [1.807, 2.05) is 7.05 Å². The van der Waals surface area contributed by atoms with Crippen LogP contribution in [0.25, 0.3) is 0 Å². The van der Waals surface area contributed by atoms with Crippen LogP contribution >= 0.6 is 0 Å². The summed E-state index contributed by atoms with van der Waals surface area (Å²) in [4.78, 5) is 14.4. The zero-order valence-corrected chi connectivity index (χ0v) is 11.4. The number of aryl methyl sites for hydroxylation is 1. The summed E-state index contributed by atoms with van der Waals surface area (Å²) < 4.78 is 13.4. The van der Waals surface area contributed by atoms with Gasteiger partial charge in [-0.2, -0.15) is 0 Å². The molecule has 0 aromatic heterocycles. The molecule has 2 rings (SSSR count). The number of carbonyl (C=O) groups excluding carboxylic acids is 1. The Morgan fingerprint density at radius 3 is 2.58 bits per heavy atom. The average molecular weight is 265 g/mol. The number of hydrogen-bond donors (Lipinski definition) is 2. The first-order valence-corrected chi connectivity index (χ1v) is 6.46. The van der Waals surface area contributed by atoms with Crippen LogP contribution in [0.4, 0.5) is 4.39 Å². The third kappa shape index (κ3) is 2.48. The first-order chi connectivity index (χ1) is 8.99. The number of nitrogens with two attached hydrogens (primary N) is 1. The van der Waals surface area contributed by atoms with Gasteiger partial charge in [-0.3, -0.25) is 10.2 Å². The lowest BCUT2D eigenvalue weighted by atomic mass is 9.72. The minimum absolute atomic E-state index is 0.188. The van der Waals surface area contributed by atoms with Crippen molar-refractivity contribution in [3.05, 3.63) is 35.1 Å². The van der Waals surface area contributed by atoms with Gasteiger partial charge < -0.3 is 4.90 Å². The van der Waals surface area contributed by atoms with Gasteiger partial charge in [0.15, 0.2) is 0 Å². The van der Waals surface area contributed by atoms with Crippen LogP contribution in [0.15, 0.2) is 18.2 Å². The first kappa shape index (κ1) is 14.0. The SMILES string of the molecule is Cc1cc(C2(C(=O)NN)CCN(C)CC2)ccc1F. The first-order valence-electron chi connectivity index (χ1n) is 6.46. The highest BCUT2D eigenvalue weighted by atomic mass is 19.1. The fourth-order valence-electron chi connectivity index (χ4n) is 2.73. The number of likely N-dealkylation sites (tertiary alicyclic amines) is 1. The van der Waals surface area contributed by atoms with Crippen molar-refractivity contribution in [3.63, 3.8) is 0 Å². The van der Waals surface area contributed by atoms with Crippen LogP contribution in [-0.4, -0.2) is 30.9 Å².